The van der Waals surface area contributed by atoms with Crippen molar-refractivity contribution in [2.24, 2.45) is 0 Å². The fraction of sp³-hybridized carbons (Fsp3) is 0.385. The van der Waals surface area contributed by atoms with E-state index in [4.69, 9.17) is 4.74 Å². The molecule has 122 valence electrons. The van der Waals surface area contributed by atoms with Crippen molar-refractivity contribution in [1.29, 1.82) is 0 Å². The predicted molar refractivity (Wildman–Crippen MR) is 79.9 cm³/mol. The largest absolute Gasteiger partial charge is 0.484 e. The van der Waals surface area contributed by atoms with Gasteiger partial charge >= 0.3 is 0 Å². The Labute approximate surface area is 132 Å². The van der Waals surface area contributed by atoms with Crippen LogP contribution < -0.4 is 10.1 Å². The highest BCUT2D eigenvalue weighted by Crippen LogP contribution is 2.16. The molecule has 0 radical (unpaired) electrons. The smallest absolute Gasteiger partial charge is 0.258 e. The van der Waals surface area contributed by atoms with Crippen molar-refractivity contribution in [3.8, 4) is 11.4 Å². The van der Waals surface area contributed by atoms with Crippen LogP contribution in [0.3, 0.4) is 0 Å². The second-order valence-electron chi connectivity index (χ2n) is 5.21. The molecule has 2 heterocycles. The fourth-order valence-electron chi connectivity index (χ4n) is 2.32. The molecule has 1 atom stereocenters. The molecule has 0 saturated carbocycles. The Bertz CT molecular complexity index is 790. The van der Waals surface area contributed by atoms with E-state index in [0.29, 0.717) is 17.9 Å². The Kier molecular flexibility index (Phi) is 4.24. The van der Waals surface area contributed by atoms with Crippen LogP contribution in [0.4, 0.5) is 0 Å². The number of sulfone groups is 1. The minimum Gasteiger partial charge on any atom is -0.484 e. The minimum absolute atomic E-state index is 0.00642. The SMILES string of the molecule is O=C(COc1cccc(-n2cnnn2)c1)N[C@@H]1CCS(=O)(=O)C1. The van der Waals surface area contributed by atoms with Gasteiger partial charge in [0.2, 0.25) is 0 Å². The molecule has 23 heavy (non-hydrogen) atoms. The lowest BCUT2D eigenvalue weighted by atomic mass is 10.2. The van der Waals surface area contributed by atoms with Gasteiger partial charge in [0.1, 0.15) is 12.1 Å². The third kappa shape index (κ3) is 4.03. The topological polar surface area (TPSA) is 116 Å². The lowest BCUT2D eigenvalue weighted by Gasteiger charge is -2.12. The van der Waals surface area contributed by atoms with Crippen LogP contribution in [0.15, 0.2) is 30.6 Å². The first-order valence-electron chi connectivity index (χ1n) is 6.98. The Morgan fingerprint density at radius 1 is 1.43 bits per heavy atom. The Morgan fingerprint density at radius 2 is 2.30 bits per heavy atom. The summed E-state index contributed by atoms with van der Waals surface area (Å²) >= 11 is 0. The Morgan fingerprint density at radius 3 is 3.00 bits per heavy atom. The monoisotopic (exact) mass is 337 g/mol. The van der Waals surface area contributed by atoms with Crippen LogP contribution in [0.25, 0.3) is 5.69 Å². The molecule has 1 N–H and O–H groups in total. The number of carbonyl (C=O) groups is 1. The highest BCUT2D eigenvalue weighted by molar-refractivity contribution is 7.91. The molecule has 1 aromatic heterocycles. The lowest BCUT2D eigenvalue weighted by Crippen LogP contribution is -2.38. The zero-order valence-corrected chi connectivity index (χ0v) is 12.9. The molecule has 10 heteroatoms. The van der Waals surface area contributed by atoms with Gasteiger partial charge in [-0.1, -0.05) is 6.07 Å². The average molecular weight is 337 g/mol. The van der Waals surface area contributed by atoms with E-state index in [-0.39, 0.29) is 30.1 Å². The number of nitrogens with one attached hydrogen (secondary N) is 1. The third-order valence-electron chi connectivity index (χ3n) is 3.40. The van der Waals surface area contributed by atoms with Gasteiger partial charge in [-0.15, -0.1) is 5.10 Å². The summed E-state index contributed by atoms with van der Waals surface area (Å²) < 4.78 is 29.6. The first kappa shape index (κ1) is 15.4. The zero-order valence-electron chi connectivity index (χ0n) is 12.1. The molecular weight excluding hydrogens is 322 g/mol. The van der Waals surface area contributed by atoms with Crippen molar-refractivity contribution in [2.75, 3.05) is 18.1 Å². The minimum atomic E-state index is -3.02. The van der Waals surface area contributed by atoms with Crippen molar-refractivity contribution >= 4 is 15.7 Å². The van der Waals surface area contributed by atoms with E-state index in [2.05, 4.69) is 20.8 Å². The van der Waals surface area contributed by atoms with Crippen LogP contribution in [0.2, 0.25) is 0 Å². The maximum absolute atomic E-state index is 11.8. The first-order chi connectivity index (χ1) is 11.0. The van der Waals surface area contributed by atoms with Gasteiger partial charge in [0.15, 0.2) is 16.4 Å². The molecule has 1 aromatic carbocycles. The maximum atomic E-state index is 11.8. The molecular formula is C13H15N5O4S. The van der Waals surface area contributed by atoms with Crippen molar-refractivity contribution < 1.29 is 17.9 Å². The van der Waals surface area contributed by atoms with E-state index >= 15 is 0 Å². The van der Waals surface area contributed by atoms with Gasteiger partial charge in [-0.05, 0) is 29.0 Å². The molecule has 2 aromatic rings. The summed E-state index contributed by atoms with van der Waals surface area (Å²) in [6.45, 7) is -0.185. The summed E-state index contributed by atoms with van der Waals surface area (Å²) in [7, 11) is -3.02. The van der Waals surface area contributed by atoms with Crippen molar-refractivity contribution in [3.63, 3.8) is 0 Å². The number of amides is 1. The van der Waals surface area contributed by atoms with Crippen molar-refractivity contribution in [1.82, 2.24) is 25.5 Å². The molecule has 1 fully saturated rings. The highest BCUT2D eigenvalue weighted by atomic mass is 32.2. The van der Waals surface area contributed by atoms with E-state index in [1.807, 2.05) is 0 Å². The van der Waals surface area contributed by atoms with E-state index < -0.39 is 9.84 Å². The molecule has 0 unspecified atom stereocenters. The number of aromatic nitrogens is 4. The molecule has 1 aliphatic heterocycles. The average Bonchev–Trinajstić information content (AvgIpc) is 3.15. The molecule has 0 spiro atoms. The summed E-state index contributed by atoms with van der Waals surface area (Å²) in [6.07, 6.45) is 1.90. The fourth-order valence-corrected chi connectivity index (χ4v) is 4.00. The van der Waals surface area contributed by atoms with Crippen LogP contribution >= 0.6 is 0 Å². The quantitative estimate of drug-likeness (QED) is 0.770. The number of nitrogens with zero attached hydrogens (tertiary/aromatic N) is 4. The maximum Gasteiger partial charge on any atom is 0.258 e. The van der Waals surface area contributed by atoms with Gasteiger partial charge < -0.3 is 10.1 Å². The van der Waals surface area contributed by atoms with Gasteiger partial charge in [-0.2, -0.15) is 0 Å². The van der Waals surface area contributed by atoms with Crippen molar-refractivity contribution in [2.45, 2.75) is 12.5 Å². The number of benzene rings is 1. The summed E-state index contributed by atoms with van der Waals surface area (Å²) in [5.41, 5.74) is 0.704. The lowest BCUT2D eigenvalue weighted by molar-refractivity contribution is -0.123. The zero-order chi connectivity index (χ0) is 16.3. The predicted octanol–water partition coefficient (Wildman–Crippen LogP) is -0.656. The van der Waals surface area contributed by atoms with Gasteiger partial charge in [0.25, 0.3) is 5.91 Å². The molecule has 1 saturated heterocycles. The van der Waals surface area contributed by atoms with Crippen LogP contribution in [0.1, 0.15) is 6.42 Å². The summed E-state index contributed by atoms with van der Waals surface area (Å²) in [6, 6.07) is 6.63. The molecule has 9 nitrogen and oxygen atoms in total. The molecule has 1 aliphatic rings. The molecule has 0 bridgehead atoms. The molecule has 3 rings (SSSR count). The molecule has 1 amide bonds. The Hall–Kier alpha value is -2.49. The van der Waals surface area contributed by atoms with Gasteiger partial charge in [0.05, 0.1) is 17.2 Å². The highest BCUT2D eigenvalue weighted by Gasteiger charge is 2.28. The molecule has 0 aliphatic carbocycles. The Balaban J connectivity index is 1.54. The second-order valence-corrected chi connectivity index (χ2v) is 7.44. The van der Waals surface area contributed by atoms with Gasteiger partial charge in [0, 0.05) is 12.1 Å². The van der Waals surface area contributed by atoms with Crippen LogP contribution in [-0.2, 0) is 14.6 Å². The van der Waals surface area contributed by atoms with E-state index in [0.717, 1.165) is 0 Å². The summed E-state index contributed by atoms with van der Waals surface area (Å²) in [5, 5.41) is 13.5. The number of carbonyl (C=O) groups excluding carboxylic acids is 1. The van der Waals surface area contributed by atoms with E-state index in [9.17, 15) is 13.2 Å². The first-order valence-corrected chi connectivity index (χ1v) is 8.80. The number of rotatable bonds is 5. The normalized spacial score (nSPS) is 19.4. The number of hydrogen-bond donors (Lipinski definition) is 1. The van der Waals surface area contributed by atoms with Gasteiger partial charge in [-0.25, -0.2) is 13.1 Å². The van der Waals surface area contributed by atoms with E-state index in [1.54, 1.807) is 24.3 Å². The third-order valence-corrected chi connectivity index (χ3v) is 5.17. The van der Waals surface area contributed by atoms with Gasteiger partial charge in [-0.3, -0.25) is 4.79 Å². The number of hydrogen-bond acceptors (Lipinski definition) is 7. The van der Waals surface area contributed by atoms with Crippen LogP contribution in [-0.4, -0.2) is 58.7 Å². The summed E-state index contributed by atoms with van der Waals surface area (Å²) in [5.74, 6) is 0.257. The standard InChI is InChI=1S/C13H15N5O4S/c19-13(15-10-4-5-23(20,21)8-10)7-22-12-3-1-2-11(6-12)18-9-14-16-17-18/h1-3,6,9-10H,4-5,7-8H2,(H,15,19)/t10-/m1/s1. The number of tetrazole rings is 1. The van der Waals surface area contributed by atoms with Crippen molar-refractivity contribution in [3.05, 3.63) is 30.6 Å². The second kappa shape index (κ2) is 6.32. The van der Waals surface area contributed by atoms with Crippen LogP contribution in [0, 0.1) is 0 Å². The van der Waals surface area contributed by atoms with Crippen LogP contribution in [0.5, 0.6) is 5.75 Å². The van der Waals surface area contributed by atoms with E-state index in [1.165, 1.54) is 11.0 Å². The summed E-state index contributed by atoms with van der Waals surface area (Å²) in [4.78, 5) is 11.8. The number of ether oxygens (including phenoxy) is 1.